The molecule has 4 aromatic rings. The molecule has 0 saturated heterocycles. The van der Waals surface area contributed by atoms with Gasteiger partial charge in [-0.3, -0.25) is 0 Å². The zero-order chi connectivity index (χ0) is 18.6. The van der Waals surface area contributed by atoms with Crippen LogP contribution in [-0.4, -0.2) is 23.4 Å². The Hall–Kier alpha value is -3.81. The maximum Gasteiger partial charge on any atom is 0.360 e. The van der Waals surface area contributed by atoms with E-state index in [0.717, 1.165) is 5.56 Å². The van der Waals surface area contributed by atoms with Crippen LogP contribution >= 0.6 is 0 Å². The third kappa shape index (κ3) is 3.59. The molecular formula is C19H14N2O6. The van der Waals surface area contributed by atoms with E-state index < -0.39 is 5.97 Å². The van der Waals surface area contributed by atoms with E-state index in [1.54, 1.807) is 25.3 Å². The van der Waals surface area contributed by atoms with Crippen LogP contribution in [-0.2, 0) is 11.3 Å². The number of aromatic nitrogens is 2. The van der Waals surface area contributed by atoms with Crippen molar-refractivity contribution in [2.75, 3.05) is 7.11 Å². The van der Waals surface area contributed by atoms with E-state index in [-0.39, 0.29) is 12.3 Å². The van der Waals surface area contributed by atoms with Gasteiger partial charge in [0, 0.05) is 17.7 Å². The lowest BCUT2D eigenvalue weighted by atomic mass is 10.1. The highest BCUT2D eigenvalue weighted by atomic mass is 16.5. The van der Waals surface area contributed by atoms with Gasteiger partial charge in [0.05, 0.1) is 13.4 Å². The van der Waals surface area contributed by atoms with Crippen LogP contribution in [0.3, 0.4) is 0 Å². The second-order valence-electron chi connectivity index (χ2n) is 5.54. The van der Waals surface area contributed by atoms with Crippen LogP contribution in [0.4, 0.5) is 0 Å². The fourth-order valence-corrected chi connectivity index (χ4v) is 2.41. The normalized spacial score (nSPS) is 10.7. The second kappa shape index (κ2) is 7.20. The van der Waals surface area contributed by atoms with Gasteiger partial charge in [-0.05, 0) is 24.3 Å². The minimum absolute atomic E-state index is 0.0397. The van der Waals surface area contributed by atoms with E-state index in [1.165, 1.54) is 12.3 Å². The summed E-state index contributed by atoms with van der Waals surface area (Å²) in [7, 11) is 1.59. The molecular weight excluding hydrogens is 352 g/mol. The molecule has 0 aliphatic carbocycles. The number of benzene rings is 1. The minimum atomic E-state index is -0.637. The molecule has 0 fully saturated rings. The monoisotopic (exact) mass is 366 g/mol. The summed E-state index contributed by atoms with van der Waals surface area (Å²) in [6, 6.07) is 13.9. The van der Waals surface area contributed by atoms with E-state index in [2.05, 4.69) is 10.3 Å². The van der Waals surface area contributed by atoms with Gasteiger partial charge in [0.2, 0.25) is 5.76 Å². The van der Waals surface area contributed by atoms with Gasteiger partial charge < -0.3 is 22.9 Å². The van der Waals surface area contributed by atoms with Crippen molar-refractivity contribution in [2.45, 2.75) is 6.61 Å². The van der Waals surface area contributed by atoms with Crippen molar-refractivity contribution in [3.05, 3.63) is 66.2 Å². The summed E-state index contributed by atoms with van der Waals surface area (Å²) in [4.78, 5) is 12.1. The first-order chi connectivity index (χ1) is 13.2. The Labute approximate surface area is 153 Å². The summed E-state index contributed by atoms with van der Waals surface area (Å²) in [5.74, 6) is 1.42. The first kappa shape index (κ1) is 16.6. The lowest BCUT2D eigenvalue weighted by Gasteiger charge is -2.00. The molecule has 3 aromatic heterocycles. The predicted octanol–water partition coefficient (Wildman–Crippen LogP) is 3.96. The van der Waals surface area contributed by atoms with Crippen LogP contribution in [0, 0.1) is 0 Å². The summed E-state index contributed by atoms with van der Waals surface area (Å²) in [5.41, 5.74) is 1.31. The van der Waals surface area contributed by atoms with Crippen molar-refractivity contribution in [1.29, 1.82) is 0 Å². The Morgan fingerprint density at radius 1 is 1.00 bits per heavy atom. The van der Waals surface area contributed by atoms with Gasteiger partial charge in [-0.15, -0.1) is 0 Å². The average molecular weight is 366 g/mol. The zero-order valence-corrected chi connectivity index (χ0v) is 14.2. The Morgan fingerprint density at radius 2 is 1.89 bits per heavy atom. The zero-order valence-electron chi connectivity index (χ0n) is 14.2. The number of esters is 1. The molecule has 0 saturated carbocycles. The first-order valence-corrected chi connectivity index (χ1v) is 8.00. The Morgan fingerprint density at radius 3 is 2.70 bits per heavy atom. The lowest BCUT2D eigenvalue weighted by Crippen LogP contribution is -2.05. The Kier molecular flexibility index (Phi) is 4.44. The molecule has 27 heavy (non-hydrogen) atoms. The largest absolute Gasteiger partial charge is 0.497 e. The number of nitrogens with zero attached hydrogens (tertiary/aromatic N) is 2. The highest BCUT2D eigenvalue weighted by molar-refractivity contribution is 5.88. The number of ether oxygens (including phenoxy) is 2. The molecule has 136 valence electrons. The van der Waals surface area contributed by atoms with Crippen LogP contribution in [0.5, 0.6) is 5.75 Å². The van der Waals surface area contributed by atoms with Crippen LogP contribution in [0.2, 0.25) is 0 Å². The SMILES string of the molecule is COc1cccc(-c2cc(COC(=O)c3cc(-c4ccco4)on3)no2)c1. The molecule has 3 heterocycles. The molecule has 0 aliphatic rings. The number of furan rings is 1. The van der Waals surface area contributed by atoms with Gasteiger partial charge in [0.15, 0.2) is 17.2 Å². The fourth-order valence-electron chi connectivity index (χ4n) is 2.41. The van der Waals surface area contributed by atoms with Gasteiger partial charge >= 0.3 is 5.97 Å². The van der Waals surface area contributed by atoms with Crippen molar-refractivity contribution in [3.63, 3.8) is 0 Å². The molecule has 0 spiro atoms. The van der Waals surface area contributed by atoms with E-state index >= 15 is 0 Å². The molecule has 0 N–H and O–H groups in total. The molecule has 4 rings (SSSR count). The summed E-state index contributed by atoms with van der Waals surface area (Å²) < 4.78 is 25.9. The molecule has 0 atom stereocenters. The van der Waals surface area contributed by atoms with Gasteiger partial charge in [0.25, 0.3) is 0 Å². The van der Waals surface area contributed by atoms with E-state index in [1.807, 2.05) is 24.3 Å². The van der Waals surface area contributed by atoms with E-state index in [9.17, 15) is 4.79 Å². The number of rotatable bonds is 6. The number of carbonyl (C=O) groups is 1. The first-order valence-electron chi connectivity index (χ1n) is 8.00. The number of carbonyl (C=O) groups excluding carboxylic acids is 1. The molecule has 0 amide bonds. The molecule has 0 bridgehead atoms. The standard InChI is InChI=1S/C19H14N2O6/c1-23-14-5-2-4-12(8-14)17-9-13(20-26-17)11-25-19(22)15-10-18(27-21-15)16-6-3-7-24-16/h2-10H,11H2,1H3. The highest BCUT2D eigenvalue weighted by Gasteiger charge is 2.17. The van der Waals surface area contributed by atoms with Crippen molar-refractivity contribution >= 4 is 5.97 Å². The number of hydrogen-bond donors (Lipinski definition) is 0. The van der Waals surface area contributed by atoms with Gasteiger partial charge in [-0.25, -0.2) is 4.79 Å². The molecule has 8 heteroatoms. The van der Waals surface area contributed by atoms with Gasteiger partial charge in [0.1, 0.15) is 18.1 Å². The van der Waals surface area contributed by atoms with E-state index in [4.69, 9.17) is 22.9 Å². The van der Waals surface area contributed by atoms with Crippen LogP contribution in [0.1, 0.15) is 16.2 Å². The van der Waals surface area contributed by atoms with Crippen LogP contribution < -0.4 is 4.74 Å². The molecule has 0 aliphatic heterocycles. The van der Waals surface area contributed by atoms with E-state index in [0.29, 0.717) is 28.7 Å². The second-order valence-corrected chi connectivity index (χ2v) is 5.54. The molecule has 1 aromatic carbocycles. The Bertz CT molecular complexity index is 1050. The average Bonchev–Trinajstić information content (AvgIpc) is 3.47. The third-order valence-corrected chi connectivity index (χ3v) is 3.75. The van der Waals surface area contributed by atoms with Crippen molar-refractivity contribution in [2.24, 2.45) is 0 Å². The number of hydrogen-bond acceptors (Lipinski definition) is 8. The summed E-state index contributed by atoms with van der Waals surface area (Å²) in [6.45, 7) is -0.0603. The molecule has 0 unspecified atom stereocenters. The maximum atomic E-state index is 12.1. The highest BCUT2D eigenvalue weighted by Crippen LogP contribution is 2.25. The predicted molar refractivity (Wildman–Crippen MR) is 91.8 cm³/mol. The van der Waals surface area contributed by atoms with Crippen molar-refractivity contribution in [3.8, 4) is 28.6 Å². The fraction of sp³-hybridized carbons (Fsp3) is 0.105. The van der Waals surface area contributed by atoms with Gasteiger partial charge in [-0.1, -0.05) is 22.4 Å². The molecule has 0 radical (unpaired) electrons. The van der Waals surface area contributed by atoms with Gasteiger partial charge in [-0.2, -0.15) is 0 Å². The quantitative estimate of drug-likeness (QED) is 0.473. The summed E-state index contributed by atoms with van der Waals surface area (Å²) >= 11 is 0. The minimum Gasteiger partial charge on any atom is -0.497 e. The summed E-state index contributed by atoms with van der Waals surface area (Å²) in [5, 5.41) is 7.60. The molecule has 8 nitrogen and oxygen atoms in total. The smallest absolute Gasteiger partial charge is 0.360 e. The van der Waals surface area contributed by atoms with Crippen LogP contribution in [0.15, 0.2) is 68.3 Å². The van der Waals surface area contributed by atoms with Crippen molar-refractivity contribution in [1.82, 2.24) is 10.3 Å². The number of methoxy groups -OCH3 is 1. The lowest BCUT2D eigenvalue weighted by molar-refractivity contribution is 0.0452. The maximum absolute atomic E-state index is 12.1. The summed E-state index contributed by atoms with van der Waals surface area (Å²) in [6.07, 6.45) is 1.50. The van der Waals surface area contributed by atoms with Crippen LogP contribution in [0.25, 0.3) is 22.8 Å². The van der Waals surface area contributed by atoms with Crippen molar-refractivity contribution < 1.29 is 27.7 Å². The Balaban J connectivity index is 1.40. The third-order valence-electron chi connectivity index (χ3n) is 3.75. The topological polar surface area (TPSA) is 101 Å².